The second-order valence-electron chi connectivity index (χ2n) is 4.27. The Bertz CT molecular complexity index is 436. The van der Waals surface area contributed by atoms with Gasteiger partial charge in [0.05, 0.1) is 34.4 Å². The zero-order valence-corrected chi connectivity index (χ0v) is 13.0. The van der Waals surface area contributed by atoms with Gasteiger partial charge in [-0.05, 0) is 24.6 Å². The van der Waals surface area contributed by atoms with Gasteiger partial charge in [-0.2, -0.15) is 0 Å². The fraction of sp³-hybridized carbons (Fsp3) is 0.533. The Kier molecular flexibility index (Phi) is 7.39. The first kappa shape index (κ1) is 17.1. The Labute approximate surface area is 125 Å². The van der Waals surface area contributed by atoms with Crippen LogP contribution >= 0.6 is 0 Å². The van der Waals surface area contributed by atoms with Crippen molar-refractivity contribution in [2.24, 2.45) is 0 Å². The van der Waals surface area contributed by atoms with Gasteiger partial charge in [-0.15, -0.1) is 0 Å². The summed E-state index contributed by atoms with van der Waals surface area (Å²) in [6.45, 7) is 3.35. The number of carbonyl (C=O) groups excluding carboxylic acids is 1. The highest BCUT2D eigenvalue weighted by atomic mass is 16.5. The number of rotatable bonds is 9. The number of hydrogen-bond donors (Lipinski definition) is 1. The predicted octanol–water partition coefficient (Wildman–Crippen LogP) is 1.76. The average Bonchev–Trinajstić information content (AvgIpc) is 2.50. The van der Waals surface area contributed by atoms with Crippen molar-refractivity contribution in [1.29, 1.82) is 0 Å². The van der Waals surface area contributed by atoms with Gasteiger partial charge in [0.25, 0.3) is 0 Å². The van der Waals surface area contributed by atoms with E-state index in [1.165, 1.54) is 0 Å². The lowest BCUT2D eigenvalue weighted by Crippen LogP contribution is -2.19. The molecule has 0 heterocycles. The Morgan fingerprint density at radius 1 is 1.10 bits per heavy atom. The van der Waals surface area contributed by atoms with E-state index in [1.807, 2.05) is 12.1 Å². The zero-order valence-electron chi connectivity index (χ0n) is 13.0. The summed E-state index contributed by atoms with van der Waals surface area (Å²) in [6, 6.07) is 3.75. The number of ether oxygens (including phenoxy) is 4. The van der Waals surface area contributed by atoms with Crippen LogP contribution in [0.1, 0.15) is 18.9 Å². The molecule has 21 heavy (non-hydrogen) atoms. The standard InChI is InChI=1S/C15H23NO5/c1-5-21-14(17)6-7-16-10-11-8-12(18-2)15(20-4)13(9-11)19-3/h8-9,16H,5-7,10H2,1-4H3. The van der Waals surface area contributed by atoms with Crippen LogP contribution in [0.25, 0.3) is 0 Å². The van der Waals surface area contributed by atoms with Crippen molar-refractivity contribution in [3.63, 3.8) is 0 Å². The van der Waals surface area contributed by atoms with Crippen molar-refractivity contribution in [3.05, 3.63) is 17.7 Å². The summed E-state index contributed by atoms with van der Waals surface area (Å²) in [7, 11) is 4.72. The molecule has 1 N–H and O–H groups in total. The van der Waals surface area contributed by atoms with E-state index in [2.05, 4.69) is 5.32 Å². The first-order valence-corrected chi connectivity index (χ1v) is 6.81. The van der Waals surface area contributed by atoms with E-state index in [9.17, 15) is 4.79 Å². The minimum atomic E-state index is -0.199. The van der Waals surface area contributed by atoms with Crippen molar-refractivity contribution < 1.29 is 23.7 Å². The van der Waals surface area contributed by atoms with Crippen LogP contribution in [0.2, 0.25) is 0 Å². The van der Waals surface area contributed by atoms with Gasteiger partial charge >= 0.3 is 5.97 Å². The molecule has 1 aromatic rings. The number of nitrogens with one attached hydrogen (secondary N) is 1. The Morgan fingerprint density at radius 2 is 1.71 bits per heavy atom. The summed E-state index contributed by atoms with van der Waals surface area (Å²) in [4.78, 5) is 11.2. The highest BCUT2D eigenvalue weighted by Crippen LogP contribution is 2.38. The van der Waals surface area contributed by atoms with E-state index in [0.29, 0.717) is 43.4 Å². The molecule has 0 atom stereocenters. The zero-order chi connectivity index (χ0) is 15.7. The van der Waals surface area contributed by atoms with Crippen LogP contribution in [0.4, 0.5) is 0 Å². The predicted molar refractivity (Wildman–Crippen MR) is 79.1 cm³/mol. The van der Waals surface area contributed by atoms with Crippen LogP contribution in [0.5, 0.6) is 17.2 Å². The van der Waals surface area contributed by atoms with Crippen LogP contribution < -0.4 is 19.5 Å². The summed E-state index contributed by atoms with van der Waals surface area (Å²) >= 11 is 0. The van der Waals surface area contributed by atoms with Crippen LogP contribution in [0, 0.1) is 0 Å². The highest BCUT2D eigenvalue weighted by molar-refractivity contribution is 5.69. The third-order valence-corrected chi connectivity index (χ3v) is 2.86. The largest absolute Gasteiger partial charge is 0.493 e. The molecule has 0 spiro atoms. The van der Waals surface area contributed by atoms with E-state index < -0.39 is 0 Å². The minimum absolute atomic E-state index is 0.199. The Hall–Kier alpha value is -1.95. The molecule has 0 bridgehead atoms. The number of hydrogen-bond acceptors (Lipinski definition) is 6. The highest BCUT2D eigenvalue weighted by Gasteiger charge is 2.12. The fourth-order valence-corrected chi connectivity index (χ4v) is 1.89. The lowest BCUT2D eigenvalue weighted by Gasteiger charge is -2.14. The van der Waals surface area contributed by atoms with Crippen molar-refractivity contribution in [3.8, 4) is 17.2 Å². The normalized spacial score (nSPS) is 10.1. The van der Waals surface area contributed by atoms with Gasteiger partial charge in [0.2, 0.25) is 5.75 Å². The van der Waals surface area contributed by atoms with Gasteiger partial charge in [-0.25, -0.2) is 0 Å². The van der Waals surface area contributed by atoms with Gasteiger partial charge in [0.1, 0.15) is 0 Å². The molecule has 0 unspecified atom stereocenters. The first-order valence-electron chi connectivity index (χ1n) is 6.81. The number of esters is 1. The van der Waals surface area contributed by atoms with E-state index in [-0.39, 0.29) is 5.97 Å². The molecule has 0 aliphatic heterocycles. The van der Waals surface area contributed by atoms with E-state index in [1.54, 1.807) is 28.3 Å². The van der Waals surface area contributed by atoms with Crippen molar-refractivity contribution in [2.45, 2.75) is 19.9 Å². The summed E-state index contributed by atoms with van der Waals surface area (Å²) in [5.41, 5.74) is 0.980. The quantitative estimate of drug-likeness (QED) is 0.553. The third-order valence-electron chi connectivity index (χ3n) is 2.86. The maximum Gasteiger partial charge on any atom is 0.307 e. The minimum Gasteiger partial charge on any atom is -0.493 e. The summed E-state index contributed by atoms with van der Waals surface area (Å²) in [5.74, 6) is 1.59. The van der Waals surface area contributed by atoms with Gasteiger partial charge < -0.3 is 24.3 Å². The lowest BCUT2D eigenvalue weighted by molar-refractivity contribution is -0.142. The Morgan fingerprint density at radius 3 is 2.19 bits per heavy atom. The van der Waals surface area contributed by atoms with Gasteiger partial charge in [0, 0.05) is 13.1 Å². The van der Waals surface area contributed by atoms with Crippen LogP contribution in [-0.2, 0) is 16.1 Å². The summed E-state index contributed by atoms with van der Waals surface area (Å²) in [5, 5.41) is 3.18. The molecule has 1 rings (SSSR count). The SMILES string of the molecule is CCOC(=O)CCNCc1cc(OC)c(OC)c(OC)c1. The maximum atomic E-state index is 11.2. The molecule has 0 radical (unpaired) electrons. The molecule has 0 aliphatic carbocycles. The molecule has 118 valence electrons. The smallest absolute Gasteiger partial charge is 0.307 e. The third kappa shape index (κ3) is 5.15. The molecular weight excluding hydrogens is 274 g/mol. The van der Waals surface area contributed by atoms with Crippen molar-refractivity contribution in [2.75, 3.05) is 34.5 Å². The average molecular weight is 297 g/mol. The second-order valence-corrected chi connectivity index (χ2v) is 4.27. The molecular formula is C15H23NO5. The molecule has 0 saturated heterocycles. The molecule has 0 saturated carbocycles. The van der Waals surface area contributed by atoms with E-state index in [0.717, 1.165) is 5.56 Å². The molecule has 0 amide bonds. The molecule has 0 aromatic heterocycles. The van der Waals surface area contributed by atoms with Crippen molar-refractivity contribution in [1.82, 2.24) is 5.32 Å². The lowest BCUT2D eigenvalue weighted by atomic mass is 10.1. The Balaban J connectivity index is 2.61. The van der Waals surface area contributed by atoms with Gasteiger partial charge in [-0.3, -0.25) is 4.79 Å². The summed E-state index contributed by atoms with van der Waals surface area (Å²) < 4.78 is 20.7. The van der Waals surface area contributed by atoms with Crippen LogP contribution in [0.15, 0.2) is 12.1 Å². The van der Waals surface area contributed by atoms with Crippen LogP contribution in [-0.4, -0.2) is 40.5 Å². The number of methoxy groups -OCH3 is 3. The van der Waals surface area contributed by atoms with Gasteiger partial charge in [0.15, 0.2) is 11.5 Å². The number of carbonyl (C=O) groups is 1. The monoisotopic (exact) mass is 297 g/mol. The summed E-state index contributed by atoms with van der Waals surface area (Å²) in [6.07, 6.45) is 0.346. The van der Waals surface area contributed by atoms with E-state index in [4.69, 9.17) is 18.9 Å². The molecule has 0 aliphatic rings. The first-order chi connectivity index (χ1) is 10.2. The molecule has 1 aromatic carbocycles. The van der Waals surface area contributed by atoms with Crippen molar-refractivity contribution >= 4 is 5.97 Å². The topological polar surface area (TPSA) is 66.0 Å². The van der Waals surface area contributed by atoms with E-state index >= 15 is 0 Å². The second kappa shape index (κ2) is 9.07. The van der Waals surface area contributed by atoms with Gasteiger partial charge in [-0.1, -0.05) is 0 Å². The molecule has 0 fully saturated rings. The molecule has 6 nitrogen and oxygen atoms in total. The van der Waals surface area contributed by atoms with Crippen LogP contribution in [0.3, 0.4) is 0 Å². The fourth-order valence-electron chi connectivity index (χ4n) is 1.89. The molecule has 6 heteroatoms. The maximum absolute atomic E-state index is 11.2. The number of benzene rings is 1.